The van der Waals surface area contributed by atoms with Crippen LogP contribution in [0.1, 0.15) is 46.0 Å². The Morgan fingerprint density at radius 2 is 1.95 bits per heavy atom. The van der Waals surface area contributed by atoms with Crippen molar-refractivity contribution in [2.24, 2.45) is 0 Å². The molecular formula is C14H28N2O3. The minimum Gasteiger partial charge on any atom is -0.387 e. The second kappa shape index (κ2) is 10.9. The SMILES string of the molecule is CCCN(C)[C@@H](CCCCNC(=O)CO)C(=O)CC. The van der Waals surface area contributed by atoms with Crippen LogP contribution in [0.25, 0.3) is 0 Å². The number of rotatable bonds is 11. The van der Waals surface area contributed by atoms with E-state index >= 15 is 0 Å². The van der Waals surface area contributed by atoms with Gasteiger partial charge >= 0.3 is 0 Å². The molecule has 1 atom stereocenters. The number of hydrogen-bond donors (Lipinski definition) is 2. The molecule has 5 nitrogen and oxygen atoms in total. The van der Waals surface area contributed by atoms with E-state index in [2.05, 4.69) is 17.1 Å². The fourth-order valence-electron chi connectivity index (χ4n) is 2.12. The van der Waals surface area contributed by atoms with Crippen molar-refractivity contribution in [2.75, 3.05) is 26.7 Å². The number of nitrogens with zero attached hydrogens (tertiary/aromatic N) is 1. The van der Waals surface area contributed by atoms with Crippen LogP contribution in [0, 0.1) is 0 Å². The van der Waals surface area contributed by atoms with Crippen LogP contribution in [0.4, 0.5) is 0 Å². The van der Waals surface area contributed by atoms with Crippen LogP contribution in [0.15, 0.2) is 0 Å². The number of ketones is 1. The molecule has 0 unspecified atom stereocenters. The van der Waals surface area contributed by atoms with Gasteiger partial charge < -0.3 is 10.4 Å². The van der Waals surface area contributed by atoms with Gasteiger partial charge in [0.05, 0.1) is 6.04 Å². The Balaban J connectivity index is 3.99. The third-order valence-corrected chi connectivity index (χ3v) is 3.20. The molecule has 0 radical (unpaired) electrons. The molecule has 0 saturated heterocycles. The first kappa shape index (κ1) is 18.1. The minimum absolute atomic E-state index is 0.00140. The van der Waals surface area contributed by atoms with E-state index in [1.54, 1.807) is 0 Å². The van der Waals surface area contributed by atoms with E-state index in [1.165, 1.54) is 0 Å². The Kier molecular flexibility index (Phi) is 10.4. The third-order valence-electron chi connectivity index (χ3n) is 3.20. The number of carbonyl (C=O) groups is 2. The lowest BCUT2D eigenvalue weighted by Gasteiger charge is -2.26. The molecule has 0 fully saturated rings. The lowest BCUT2D eigenvalue weighted by atomic mass is 10.0. The van der Waals surface area contributed by atoms with Crippen LogP contribution >= 0.6 is 0 Å². The Hall–Kier alpha value is -0.940. The Morgan fingerprint density at radius 3 is 2.47 bits per heavy atom. The summed E-state index contributed by atoms with van der Waals surface area (Å²) in [5.41, 5.74) is 0. The lowest BCUT2D eigenvalue weighted by molar-refractivity contribution is -0.124. The number of Topliss-reactive ketones (excluding diaryl/α,β-unsaturated/α-hetero) is 1. The van der Waals surface area contributed by atoms with Crippen LogP contribution in [0.5, 0.6) is 0 Å². The topological polar surface area (TPSA) is 69.6 Å². The van der Waals surface area contributed by atoms with Crippen molar-refractivity contribution in [1.82, 2.24) is 10.2 Å². The number of carbonyl (C=O) groups excluding carboxylic acids is 2. The average Bonchev–Trinajstić information content (AvgIpc) is 2.41. The maximum atomic E-state index is 11.9. The second-order valence-electron chi connectivity index (χ2n) is 4.82. The highest BCUT2D eigenvalue weighted by Crippen LogP contribution is 2.10. The normalized spacial score (nSPS) is 12.5. The first-order valence-corrected chi connectivity index (χ1v) is 7.17. The molecule has 112 valence electrons. The van der Waals surface area contributed by atoms with Gasteiger partial charge in [-0.3, -0.25) is 14.5 Å². The van der Waals surface area contributed by atoms with E-state index in [4.69, 9.17) is 5.11 Å². The molecule has 0 aromatic rings. The summed E-state index contributed by atoms with van der Waals surface area (Å²) in [6.07, 6.45) is 4.17. The van der Waals surface area contributed by atoms with E-state index in [1.807, 2.05) is 14.0 Å². The number of nitrogens with one attached hydrogen (secondary N) is 1. The minimum atomic E-state index is -0.462. The molecule has 0 aliphatic heterocycles. The number of aliphatic hydroxyl groups is 1. The van der Waals surface area contributed by atoms with Crippen molar-refractivity contribution in [3.8, 4) is 0 Å². The summed E-state index contributed by atoms with van der Waals surface area (Å²) >= 11 is 0. The molecule has 0 bridgehead atoms. The number of amides is 1. The summed E-state index contributed by atoms with van der Waals surface area (Å²) in [4.78, 5) is 24.9. The first-order chi connectivity index (χ1) is 9.06. The van der Waals surface area contributed by atoms with E-state index in [-0.39, 0.29) is 17.7 Å². The van der Waals surface area contributed by atoms with E-state index < -0.39 is 6.61 Å². The molecule has 0 aromatic heterocycles. The zero-order valence-corrected chi connectivity index (χ0v) is 12.4. The maximum absolute atomic E-state index is 11.9. The summed E-state index contributed by atoms with van der Waals surface area (Å²) in [5.74, 6) is -0.0559. The number of unbranched alkanes of at least 4 members (excludes halogenated alkanes) is 1. The molecule has 0 aliphatic rings. The summed E-state index contributed by atoms with van der Waals surface area (Å²) in [6, 6.07) is -0.00140. The number of aliphatic hydroxyl groups excluding tert-OH is 1. The van der Waals surface area contributed by atoms with Crippen molar-refractivity contribution in [3.63, 3.8) is 0 Å². The van der Waals surface area contributed by atoms with Crippen LogP contribution in [-0.4, -0.2) is 54.5 Å². The highest BCUT2D eigenvalue weighted by molar-refractivity contribution is 5.83. The number of likely N-dealkylation sites (N-methyl/N-ethyl adjacent to an activating group) is 1. The maximum Gasteiger partial charge on any atom is 0.245 e. The van der Waals surface area contributed by atoms with Gasteiger partial charge in [-0.25, -0.2) is 0 Å². The third kappa shape index (κ3) is 7.95. The molecule has 0 rings (SSSR count). The predicted octanol–water partition coefficient (Wildman–Crippen LogP) is 0.955. The first-order valence-electron chi connectivity index (χ1n) is 7.17. The smallest absolute Gasteiger partial charge is 0.245 e. The average molecular weight is 272 g/mol. The molecule has 0 aromatic carbocycles. The van der Waals surface area contributed by atoms with Gasteiger partial charge in [-0.15, -0.1) is 0 Å². The number of hydrogen-bond acceptors (Lipinski definition) is 4. The summed E-state index contributed by atoms with van der Waals surface area (Å²) < 4.78 is 0. The van der Waals surface area contributed by atoms with Gasteiger partial charge in [0.15, 0.2) is 0 Å². The fourth-order valence-corrected chi connectivity index (χ4v) is 2.12. The van der Waals surface area contributed by atoms with Gasteiger partial charge in [-0.2, -0.15) is 0 Å². The van der Waals surface area contributed by atoms with Gasteiger partial charge in [0.1, 0.15) is 12.4 Å². The summed E-state index contributed by atoms with van der Waals surface area (Å²) in [7, 11) is 2.00. The van der Waals surface area contributed by atoms with Crippen molar-refractivity contribution in [2.45, 2.75) is 52.0 Å². The zero-order chi connectivity index (χ0) is 14.7. The Morgan fingerprint density at radius 1 is 1.26 bits per heavy atom. The Bertz CT molecular complexity index is 269. The van der Waals surface area contributed by atoms with Crippen LogP contribution < -0.4 is 5.32 Å². The molecule has 0 aliphatic carbocycles. The van der Waals surface area contributed by atoms with Crippen molar-refractivity contribution >= 4 is 11.7 Å². The molecule has 0 heterocycles. The van der Waals surface area contributed by atoms with Gasteiger partial charge in [0.2, 0.25) is 5.91 Å². The summed E-state index contributed by atoms with van der Waals surface area (Å²) in [5, 5.41) is 11.2. The zero-order valence-electron chi connectivity index (χ0n) is 12.4. The van der Waals surface area contributed by atoms with Crippen LogP contribution in [0.2, 0.25) is 0 Å². The van der Waals surface area contributed by atoms with Crippen LogP contribution in [-0.2, 0) is 9.59 Å². The predicted molar refractivity (Wildman–Crippen MR) is 76.0 cm³/mol. The highest BCUT2D eigenvalue weighted by atomic mass is 16.3. The van der Waals surface area contributed by atoms with Crippen molar-refractivity contribution < 1.29 is 14.7 Å². The molecule has 19 heavy (non-hydrogen) atoms. The van der Waals surface area contributed by atoms with Gasteiger partial charge in [0.25, 0.3) is 0 Å². The van der Waals surface area contributed by atoms with E-state index in [9.17, 15) is 9.59 Å². The summed E-state index contributed by atoms with van der Waals surface area (Å²) in [6.45, 7) is 5.03. The van der Waals surface area contributed by atoms with Crippen molar-refractivity contribution in [1.29, 1.82) is 0 Å². The largest absolute Gasteiger partial charge is 0.387 e. The van der Waals surface area contributed by atoms with Gasteiger partial charge in [0, 0.05) is 13.0 Å². The second-order valence-corrected chi connectivity index (χ2v) is 4.82. The molecule has 0 spiro atoms. The quantitative estimate of drug-likeness (QED) is 0.550. The molecule has 0 saturated carbocycles. The molecule has 2 N–H and O–H groups in total. The van der Waals surface area contributed by atoms with Crippen molar-refractivity contribution in [3.05, 3.63) is 0 Å². The Labute approximate surface area is 116 Å². The monoisotopic (exact) mass is 272 g/mol. The van der Waals surface area contributed by atoms with E-state index in [0.29, 0.717) is 13.0 Å². The molecule has 1 amide bonds. The van der Waals surface area contributed by atoms with Gasteiger partial charge in [-0.1, -0.05) is 13.8 Å². The van der Waals surface area contributed by atoms with E-state index in [0.717, 1.165) is 32.2 Å². The van der Waals surface area contributed by atoms with Gasteiger partial charge in [-0.05, 0) is 39.3 Å². The van der Waals surface area contributed by atoms with Crippen LogP contribution in [0.3, 0.4) is 0 Å². The fraction of sp³-hybridized carbons (Fsp3) is 0.857. The molecule has 5 heteroatoms. The highest BCUT2D eigenvalue weighted by Gasteiger charge is 2.20. The lowest BCUT2D eigenvalue weighted by Crippen LogP contribution is -2.38. The standard InChI is InChI=1S/C14H28N2O3/c1-4-10-16(3)12(13(18)5-2)8-6-7-9-15-14(19)11-17/h12,17H,4-11H2,1-3H3,(H,15,19)/t12-/m0/s1. The molecular weight excluding hydrogens is 244 g/mol.